The average Bonchev–Trinajstić information content (AvgIpc) is 2.52. The van der Waals surface area contributed by atoms with E-state index in [0.717, 1.165) is 31.6 Å². The fourth-order valence-corrected chi connectivity index (χ4v) is 2.27. The Bertz CT molecular complexity index is 453. The van der Waals surface area contributed by atoms with Crippen molar-refractivity contribution in [3.05, 3.63) is 29.8 Å². The van der Waals surface area contributed by atoms with Crippen molar-refractivity contribution in [3.8, 4) is 5.75 Å². The van der Waals surface area contributed by atoms with Crippen molar-refractivity contribution in [3.63, 3.8) is 0 Å². The molecule has 2 rings (SSSR count). The average molecular weight is 292 g/mol. The lowest BCUT2D eigenvalue weighted by molar-refractivity contribution is -0.124. The first-order valence-corrected chi connectivity index (χ1v) is 7.38. The number of carbonyl (C=O) groups is 1. The minimum atomic E-state index is -0.0920. The van der Waals surface area contributed by atoms with Gasteiger partial charge in [0.15, 0.2) is 6.61 Å². The highest BCUT2D eigenvalue weighted by Crippen LogP contribution is 2.28. The molecule has 1 aromatic carbocycles. The fraction of sp³-hybridized carbons (Fsp3) is 0.562. The number of carbonyl (C=O) groups excluding carboxylic acids is 1. The molecule has 1 aromatic rings. The second-order valence-electron chi connectivity index (χ2n) is 5.84. The van der Waals surface area contributed by atoms with Gasteiger partial charge >= 0.3 is 0 Å². The maximum Gasteiger partial charge on any atom is 0.257 e. The van der Waals surface area contributed by atoms with Crippen LogP contribution in [0.25, 0.3) is 0 Å². The van der Waals surface area contributed by atoms with Gasteiger partial charge in [0.1, 0.15) is 5.75 Å². The minimum absolute atomic E-state index is 0.0363. The van der Waals surface area contributed by atoms with Gasteiger partial charge in [0.25, 0.3) is 5.91 Å². The molecule has 0 aromatic heterocycles. The molecule has 21 heavy (non-hydrogen) atoms. The van der Waals surface area contributed by atoms with E-state index in [1.807, 2.05) is 24.3 Å². The standard InChI is InChI=1S/C16H24N2O3/c1-16(6-8-20-9-7-16)12-18-15(19)11-21-14-4-2-13(10-17)3-5-14/h2-5H,6-12,17H2,1H3,(H,18,19). The van der Waals surface area contributed by atoms with Crippen molar-refractivity contribution in [2.24, 2.45) is 11.1 Å². The number of hydrogen-bond donors (Lipinski definition) is 2. The normalized spacial score (nSPS) is 17.2. The predicted octanol–water partition coefficient (Wildman–Crippen LogP) is 1.46. The molecular weight excluding hydrogens is 268 g/mol. The fourth-order valence-electron chi connectivity index (χ4n) is 2.27. The second-order valence-corrected chi connectivity index (χ2v) is 5.84. The highest BCUT2D eigenvalue weighted by Gasteiger charge is 2.27. The molecule has 5 heteroatoms. The van der Waals surface area contributed by atoms with Crippen LogP contribution in [0.2, 0.25) is 0 Å². The zero-order chi connectivity index (χ0) is 15.1. The number of rotatable bonds is 6. The number of amides is 1. The first-order chi connectivity index (χ1) is 10.1. The molecule has 3 N–H and O–H groups in total. The number of hydrogen-bond acceptors (Lipinski definition) is 4. The summed E-state index contributed by atoms with van der Waals surface area (Å²) in [4.78, 5) is 11.8. The summed E-state index contributed by atoms with van der Waals surface area (Å²) in [7, 11) is 0. The molecule has 0 spiro atoms. The second kappa shape index (κ2) is 7.43. The van der Waals surface area contributed by atoms with Gasteiger partial charge in [-0.3, -0.25) is 4.79 Å². The summed E-state index contributed by atoms with van der Waals surface area (Å²) in [5, 5.41) is 2.95. The van der Waals surface area contributed by atoms with Crippen LogP contribution in [0.3, 0.4) is 0 Å². The molecule has 0 aliphatic carbocycles. The van der Waals surface area contributed by atoms with Crippen LogP contribution < -0.4 is 15.8 Å². The lowest BCUT2D eigenvalue weighted by Crippen LogP contribution is -2.41. The van der Waals surface area contributed by atoms with E-state index < -0.39 is 0 Å². The van der Waals surface area contributed by atoms with Gasteiger partial charge in [-0.2, -0.15) is 0 Å². The summed E-state index contributed by atoms with van der Waals surface area (Å²) in [5.74, 6) is 0.588. The summed E-state index contributed by atoms with van der Waals surface area (Å²) in [6, 6.07) is 7.46. The molecule has 1 fully saturated rings. The Morgan fingerprint density at radius 1 is 1.33 bits per heavy atom. The van der Waals surface area contributed by atoms with Crippen molar-refractivity contribution in [2.75, 3.05) is 26.4 Å². The topological polar surface area (TPSA) is 73.6 Å². The van der Waals surface area contributed by atoms with Gasteiger partial charge in [0, 0.05) is 26.3 Å². The highest BCUT2D eigenvalue weighted by molar-refractivity contribution is 5.77. The molecule has 0 radical (unpaired) electrons. The van der Waals surface area contributed by atoms with Crippen LogP contribution in [-0.2, 0) is 16.1 Å². The Morgan fingerprint density at radius 2 is 2.00 bits per heavy atom. The summed E-state index contributed by atoms with van der Waals surface area (Å²) >= 11 is 0. The van der Waals surface area contributed by atoms with E-state index in [1.165, 1.54) is 0 Å². The van der Waals surface area contributed by atoms with Gasteiger partial charge < -0.3 is 20.5 Å². The molecule has 1 amide bonds. The maximum absolute atomic E-state index is 11.8. The Balaban J connectivity index is 1.71. The SMILES string of the molecule is CC1(CNC(=O)COc2ccc(CN)cc2)CCOCC1. The summed E-state index contributed by atoms with van der Waals surface area (Å²) in [6.45, 7) is 4.94. The zero-order valence-corrected chi connectivity index (χ0v) is 12.6. The predicted molar refractivity (Wildman–Crippen MR) is 81.0 cm³/mol. The van der Waals surface area contributed by atoms with E-state index in [1.54, 1.807) is 0 Å². The molecular formula is C16H24N2O3. The minimum Gasteiger partial charge on any atom is -0.484 e. The number of nitrogens with one attached hydrogen (secondary N) is 1. The Hall–Kier alpha value is -1.59. The smallest absolute Gasteiger partial charge is 0.257 e. The monoisotopic (exact) mass is 292 g/mol. The first-order valence-electron chi connectivity index (χ1n) is 7.38. The van der Waals surface area contributed by atoms with Crippen molar-refractivity contribution >= 4 is 5.91 Å². The number of ether oxygens (including phenoxy) is 2. The van der Waals surface area contributed by atoms with Gasteiger partial charge in [-0.25, -0.2) is 0 Å². The van der Waals surface area contributed by atoms with Crippen LogP contribution in [0.5, 0.6) is 5.75 Å². The van der Waals surface area contributed by atoms with Crippen molar-refractivity contribution in [1.29, 1.82) is 0 Å². The molecule has 116 valence electrons. The van der Waals surface area contributed by atoms with Crippen LogP contribution >= 0.6 is 0 Å². The maximum atomic E-state index is 11.8. The third-order valence-corrected chi connectivity index (χ3v) is 3.94. The van der Waals surface area contributed by atoms with Crippen molar-refractivity contribution in [2.45, 2.75) is 26.3 Å². The van der Waals surface area contributed by atoms with Crippen LogP contribution in [-0.4, -0.2) is 32.3 Å². The van der Waals surface area contributed by atoms with Crippen LogP contribution in [0.4, 0.5) is 0 Å². The molecule has 0 bridgehead atoms. The Kier molecular flexibility index (Phi) is 5.59. The Labute approximate surface area is 125 Å². The molecule has 1 aliphatic rings. The highest BCUT2D eigenvalue weighted by atomic mass is 16.5. The van der Waals surface area contributed by atoms with Gasteiger partial charge in [-0.1, -0.05) is 19.1 Å². The van der Waals surface area contributed by atoms with Crippen LogP contribution in [0, 0.1) is 5.41 Å². The third kappa shape index (κ3) is 5.02. The Morgan fingerprint density at radius 3 is 2.62 bits per heavy atom. The third-order valence-electron chi connectivity index (χ3n) is 3.94. The van der Waals surface area contributed by atoms with Crippen molar-refractivity contribution < 1.29 is 14.3 Å². The van der Waals surface area contributed by atoms with Crippen molar-refractivity contribution in [1.82, 2.24) is 5.32 Å². The number of nitrogens with two attached hydrogens (primary N) is 1. The molecule has 0 unspecified atom stereocenters. The van der Waals surface area contributed by atoms with Crippen LogP contribution in [0.1, 0.15) is 25.3 Å². The van der Waals surface area contributed by atoms with E-state index in [-0.39, 0.29) is 17.9 Å². The quantitative estimate of drug-likeness (QED) is 0.832. The van der Waals surface area contributed by atoms with Gasteiger partial charge in [-0.15, -0.1) is 0 Å². The molecule has 0 atom stereocenters. The van der Waals surface area contributed by atoms with Gasteiger partial charge in [0.05, 0.1) is 0 Å². The number of benzene rings is 1. The molecule has 0 saturated carbocycles. The molecule has 1 saturated heterocycles. The summed E-state index contributed by atoms with van der Waals surface area (Å²) < 4.78 is 10.8. The van der Waals surface area contributed by atoms with Crippen LogP contribution in [0.15, 0.2) is 24.3 Å². The van der Waals surface area contributed by atoms with E-state index in [4.69, 9.17) is 15.2 Å². The molecule has 5 nitrogen and oxygen atoms in total. The lowest BCUT2D eigenvalue weighted by Gasteiger charge is -2.33. The largest absolute Gasteiger partial charge is 0.484 e. The van der Waals surface area contributed by atoms with Gasteiger partial charge in [0.2, 0.25) is 0 Å². The van der Waals surface area contributed by atoms with E-state index in [2.05, 4.69) is 12.2 Å². The van der Waals surface area contributed by atoms with E-state index >= 15 is 0 Å². The van der Waals surface area contributed by atoms with E-state index in [0.29, 0.717) is 18.8 Å². The molecule has 1 aliphatic heterocycles. The lowest BCUT2D eigenvalue weighted by atomic mass is 9.82. The molecule has 1 heterocycles. The first kappa shape index (κ1) is 15.8. The summed E-state index contributed by atoms with van der Waals surface area (Å²) in [5.41, 5.74) is 6.71. The van der Waals surface area contributed by atoms with E-state index in [9.17, 15) is 4.79 Å². The zero-order valence-electron chi connectivity index (χ0n) is 12.6. The summed E-state index contributed by atoms with van der Waals surface area (Å²) in [6.07, 6.45) is 1.96. The van der Waals surface area contributed by atoms with Gasteiger partial charge in [-0.05, 0) is 36.0 Å².